The quantitative estimate of drug-likeness (QED) is 0.0712. The highest BCUT2D eigenvalue weighted by Crippen LogP contribution is 2.71. The van der Waals surface area contributed by atoms with Crippen LogP contribution in [-0.4, -0.2) is 198 Å². The van der Waals surface area contributed by atoms with Gasteiger partial charge in [0.25, 0.3) is 0 Å². The van der Waals surface area contributed by atoms with Crippen molar-refractivity contribution in [3.8, 4) is 0 Å². The Morgan fingerprint density at radius 3 is 1.86 bits per heavy atom. The van der Waals surface area contributed by atoms with Crippen LogP contribution in [0.15, 0.2) is 12.2 Å². The van der Waals surface area contributed by atoms with E-state index in [0.29, 0.717) is 54.9 Å². The Bertz CT molecular complexity index is 1610. The molecule has 0 amide bonds. The molecule has 0 aromatic heterocycles. The van der Waals surface area contributed by atoms with Crippen molar-refractivity contribution < 1.29 is 94.4 Å². The van der Waals surface area contributed by atoms with Crippen LogP contribution in [0.1, 0.15) is 85.0 Å². The van der Waals surface area contributed by atoms with Gasteiger partial charge in [0.1, 0.15) is 73.2 Å². The van der Waals surface area contributed by atoms with Crippen LogP contribution in [0.5, 0.6) is 0 Å². The molecule has 26 atom stereocenters. The van der Waals surface area contributed by atoms with E-state index in [1.54, 1.807) is 0 Å². The lowest BCUT2D eigenvalue weighted by atomic mass is 9.44. The summed E-state index contributed by atoms with van der Waals surface area (Å²) in [5.41, 5.74) is 0.646. The fourth-order valence-corrected chi connectivity index (χ4v) is 14.0. The third-order valence-electron chi connectivity index (χ3n) is 17.7. The number of aliphatic hydroxyl groups excluding tert-OH is 11. The third kappa shape index (κ3) is 8.57. The largest absolute Gasteiger partial charge is 0.394 e. The minimum Gasteiger partial charge on any atom is -0.394 e. The summed E-state index contributed by atoms with van der Waals surface area (Å²) in [6.45, 7) is 9.14. The average Bonchev–Trinajstić information content (AvgIpc) is 3.71. The van der Waals surface area contributed by atoms with E-state index < -0.39 is 118 Å². The molecule has 4 aliphatic carbocycles. The van der Waals surface area contributed by atoms with E-state index in [1.807, 2.05) is 0 Å². The Balaban J connectivity index is 0.870. The molecule has 0 spiro atoms. The zero-order valence-corrected chi connectivity index (χ0v) is 37.1. The lowest BCUT2D eigenvalue weighted by Crippen LogP contribution is -2.65. The van der Waals surface area contributed by atoms with Crippen LogP contribution in [0.2, 0.25) is 0 Å². The van der Waals surface area contributed by atoms with Gasteiger partial charge in [-0.3, -0.25) is 0 Å². The van der Waals surface area contributed by atoms with Crippen molar-refractivity contribution in [2.24, 2.45) is 46.3 Å². The molecule has 8 aliphatic rings. The van der Waals surface area contributed by atoms with Gasteiger partial charge in [-0.15, -0.1) is 0 Å². The number of fused-ring (bicyclic) bond motifs is 7. The Kier molecular flexibility index (Phi) is 14.7. The molecule has 4 heterocycles. The van der Waals surface area contributed by atoms with E-state index in [-0.39, 0.29) is 41.5 Å². The van der Waals surface area contributed by atoms with Crippen LogP contribution >= 0.6 is 0 Å². The maximum absolute atomic E-state index is 12.0. The molecule has 0 aromatic carbocycles. The van der Waals surface area contributed by atoms with E-state index in [9.17, 15) is 61.3 Å². The summed E-state index contributed by atoms with van der Waals surface area (Å²) < 4.78 is 41.8. The summed E-state index contributed by atoms with van der Waals surface area (Å²) in [5, 5.41) is 125. The predicted octanol–water partition coefficient (Wildman–Crippen LogP) is -1.86. The monoisotopic (exact) mass is 918 g/mol. The molecule has 12 N–H and O–H groups in total. The van der Waals surface area contributed by atoms with Gasteiger partial charge in [0.2, 0.25) is 0 Å². The summed E-state index contributed by atoms with van der Waals surface area (Å²) in [5.74, 6) is 0.404. The molecule has 19 heteroatoms. The standard InChI is InChI=1S/C45H74O19/c1-19(18-58-40-37(55)34(52)31(49)27(15-46)60-40)7-12-45(57)20(2)30-26(64-45)14-25-23-6-5-21-13-22(8-10-43(21,3)24(23)9-11-44(25,30)4)59-42-39(36(54)33(51)29(17-48)62-42)63-41-38(56)35(53)32(50)28(16-47)61-41/h20-42,46-57H,1,5-18H2,2-4H3/t20-,21+,22-,23?,24?,25?,26?,27+,28+,29+,30-,31+,32+,33-,34-,35-,36-,37+,38+,39+,40+,41-,42+,43-,44-,45?/m0/s1. The molecule has 0 aromatic rings. The summed E-state index contributed by atoms with van der Waals surface area (Å²) in [7, 11) is 0. The molecule has 368 valence electrons. The summed E-state index contributed by atoms with van der Waals surface area (Å²) in [4.78, 5) is 0. The van der Waals surface area contributed by atoms with Gasteiger partial charge in [-0.05, 0) is 98.2 Å². The van der Waals surface area contributed by atoms with Gasteiger partial charge in [0.15, 0.2) is 24.7 Å². The predicted molar refractivity (Wildman–Crippen MR) is 219 cm³/mol. The van der Waals surface area contributed by atoms with Crippen LogP contribution in [-0.2, 0) is 33.2 Å². The van der Waals surface area contributed by atoms with Gasteiger partial charge in [0.05, 0.1) is 38.6 Å². The zero-order chi connectivity index (χ0) is 46.2. The fourth-order valence-electron chi connectivity index (χ4n) is 14.0. The first-order valence-corrected chi connectivity index (χ1v) is 23.5. The number of hydrogen-bond donors (Lipinski definition) is 12. The Morgan fingerprint density at radius 2 is 1.22 bits per heavy atom. The normalized spacial score (nSPS) is 55.0. The van der Waals surface area contributed by atoms with E-state index in [2.05, 4.69) is 27.4 Å². The van der Waals surface area contributed by atoms with E-state index in [1.165, 1.54) is 0 Å². The molecular weight excluding hydrogens is 844 g/mol. The third-order valence-corrected chi connectivity index (χ3v) is 17.7. The summed E-state index contributed by atoms with van der Waals surface area (Å²) >= 11 is 0. The first-order chi connectivity index (χ1) is 30.3. The SMILES string of the molecule is C=C(CCC1(O)OC2CC3C4CC[C@@H]5C[C@@H](O[C@@H]6O[C@H](CO)[C@H](O)[C@H](O)[C@H]6O[C@@H]6O[C@H](CO)[C@@H](O)[C@H](O)[C@H]6O)CC[C@]5(C)C4CC[C@]3(C)[C@H]2[C@@H]1C)CO[C@@H]1O[C@H](CO)[C@@H](O)[C@H](O)[C@H]1O. The second-order valence-electron chi connectivity index (χ2n) is 21.0. The van der Waals surface area contributed by atoms with Gasteiger partial charge >= 0.3 is 0 Å². The van der Waals surface area contributed by atoms with Gasteiger partial charge in [-0.25, -0.2) is 0 Å². The average molecular weight is 919 g/mol. The van der Waals surface area contributed by atoms with Gasteiger partial charge in [0, 0.05) is 12.3 Å². The number of aliphatic hydroxyl groups is 12. The lowest BCUT2D eigenvalue weighted by molar-refractivity contribution is -0.373. The highest BCUT2D eigenvalue weighted by atomic mass is 16.8. The second-order valence-corrected chi connectivity index (χ2v) is 21.0. The highest BCUT2D eigenvalue weighted by molar-refractivity contribution is 5.15. The van der Waals surface area contributed by atoms with Gasteiger partial charge < -0.3 is 94.4 Å². The molecule has 0 bridgehead atoms. The summed E-state index contributed by atoms with van der Waals surface area (Å²) in [6, 6.07) is 0. The Labute approximate surface area is 373 Å². The molecule has 4 aliphatic heterocycles. The molecule has 8 fully saturated rings. The first kappa shape index (κ1) is 49.4. The topological polar surface area (TPSA) is 307 Å². The lowest BCUT2D eigenvalue weighted by Gasteiger charge is -2.61. The molecule has 4 saturated carbocycles. The van der Waals surface area contributed by atoms with E-state index in [0.717, 1.165) is 38.5 Å². The summed E-state index contributed by atoms with van der Waals surface area (Å²) in [6.07, 6.45) is -14.4. The minimum absolute atomic E-state index is 0.0224. The number of hydrogen-bond acceptors (Lipinski definition) is 19. The number of rotatable bonds is 13. The maximum atomic E-state index is 12.0. The van der Waals surface area contributed by atoms with Crippen LogP contribution in [0.25, 0.3) is 0 Å². The molecule has 19 nitrogen and oxygen atoms in total. The zero-order valence-electron chi connectivity index (χ0n) is 37.1. The molecule has 64 heavy (non-hydrogen) atoms. The fraction of sp³-hybridized carbons (Fsp3) is 0.956. The van der Waals surface area contributed by atoms with E-state index >= 15 is 0 Å². The second kappa shape index (κ2) is 19.1. The van der Waals surface area contributed by atoms with Crippen molar-refractivity contribution >= 4 is 0 Å². The Hall–Kier alpha value is -1.02. The van der Waals surface area contributed by atoms with Crippen molar-refractivity contribution in [1.82, 2.24) is 0 Å². The van der Waals surface area contributed by atoms with Crippen molar-refractivity contribution in [3.63, 3.8) is 0 Å². The van der Waals surface area contributed by atoms with Crippen molar-refractivity contribution in [2.45, 2.75) is 195 Å². The Morgan fingerprint density at radius 1 is 0.641 bits per heavy atom. The smallest absolute Gasteiger partial charge is 0.187 e. The minimum atomic E-state index is -1.75. The molecule has 0 radical (unpaired) electrons. The van der Waals surface area contributed by atoms with Crippen molar-refractivity contribution in [1.29, 1.82) is 0 Å². The van der Waals surface area contributed by atoms with Crippen molar-refractivity contribution in [3.05, 3.63) is 12.2 Å². The van der Waals surface area contributed by atoms with Gasteiger partial charge in [-0.2, -0.15) is 0 Å². The van der Waals surface area contributed by atoms with Crippen molar-refractivity contribution in [2.75, 3.05) is 26.4 Å². The van der Waals surface area contributed by atoms with E-state index in [4.69, 9.17) is 33.2 Å². The number of ether oxygens (including phenoxy) is 7. The van der Waals surface area contributed by atoms with Crippen LogP contribution in [0.4, 0.5) is 0 Å². The highest BCUT2D eigenvalue weighted by Gasteiger charge is 2.68. The molecule has 5 unspecified atom stereocenters. The molecule has 4 saturated heterocycles. The maximum Gasteiger partial charge on any atom is 0.187 e. The molecular formula is C45H74O19. The van der Waals surface area contributed by atoms with Crippen LogP contribution in [0, 0.1) is 46.3 Å². The van der Waals surface area contributed by atoms with Crippen LogP contribution in [0.3, 0.4) is 0 Å². The van der Waals surface area contributed by atoms with Gasteiger partial charge in [-0.1, -0.05) is 32.9 Å². The molecule has 8 rings (SSSR count). The first-order valence-electron chi connectivity index (χ1n) is 23.5. The van der Waals surface area contributed by atoms with Crippen LogP contribution < -0.4 is 0 Å².